The van der Waals surface area contributed by atoms with E-state index in [-0.39, 0.29) is 47.4 Å². The molecule has 0 radical (unpaired) electrons. The molecule has 0 aromatic heterocycles. The number of rotatable bonds is 12. The molecule has 3 saturated heterocycles. The topological polar surface area (TPSA) is 451 Å². The third-order valence-electron chi connectivity index (χ3n) is 11.3. The number of alkyl carbamates (subject to hydrolysis) is 1. The summed E-state index contributed by atoms with van der Waals surface area (Å²) in [7, 11) is 0. The Morgan fingerprint density at radius 1 is 0.887 bits per heavy atom. The number of nitrogens with two attached hydrogens (primary N) is 1. The second kappa shape index (κ2) is 26.3. The molecule has 15 N–H and O–H groups in total. The second-order valence-corrected chi connectivity index (χ2v) is 18.5. The van der Waals surface area contributed by atoms with Crippen LogP contribution in [0.5, 0.6) is 11.5 Å². The van der Waals surface area contributed by atoms with Crippen LogP contribution in [-0.4, -0.2) is 196 Å². The van der Waals surface area contributed by atoms with E-state index in [1.165, 1.54) is 27.7 Å². The van der Waals surface area contributed by atoms with E-state index in [1.807, 2.05) is 0 Å². The molecule has 71 heavy (non-hydrogen) atoms. The molecule has 3 aliphatic rings. The molecule has 3 heterocycles. The zero-order valence-electron chi connectivity index (χ0n) is 39.3. The Balaban J connectivity index is 0.0000133. The maximum Gasteiger partial charge on any atom is 1.00 e. The Morgan fingerprint density at radius 2 is 1.51 bits per heavy atom. The maximum absolute atomic E-state index is 14.5. The number of ether oxygens (including phenoxy) is 1. The third-order valence-corrected chi connectivity index (χ3v) is 11.7. The predicted molar refractivity (Wildman–Crippen MR) is 230 cm³/mol. The van der Waals surface area contributed by atoms with Crippen molar-refractivity contribution in [3.05, 3.63) is 23.8 Å². The van der Waals surface area contributed by atoms with Crippen LogP contribution in [0.1, 0.15) is 65.5 Å². The molecule has 7 unspecified atom stereocenters. The molecule has 14 atom stereocenters. The smallest absolute Gasteiger partial charge is 0.691 e. The van der Waals surface area contributed by atoms with Crippen LogP contribution >= 0.6 is 12.3 Å². The Morgan fingerprint density at radius 3 is 2.11 bits per heavy atom. The predicted octanol–water partition coefficient (Wildman–Crippen LogP) is -10.0. The van der Waals surface area contributed by atoms with Gasteiger partial charge in [0.2, 0.25) is 41.4 Å². The van der Waals surface area contributed by atoms with E-state index in [4.69, 9.17) is 14.7 Å². The van der Waals surface area contributed by atoms with Gasteiger partial charge in [0.15, 0.2) is 11.5 Å². The number of phenols is 1. The Kier molecular flexibility index (Phi) is 22.5. The first kappa shape index (κ1) is 60.6. The normalized spacial score (nSPS) is 29.0. The zero-order valence-corrected chi connectivity index (χ0v) is 42.1. The number of hydrogen-bond donors (Lipinski definition) is 14. The van der Waals surface area contributed by atoms with Gasteiger partial charge in [-0.15, -0.1) is 4.33 Å². The maximum atomic E-state index is 14.5. The summed E-state index contributed by atoms with van der Waals surface area (Å²) in [6.45, 7) is 5.21. The minimum absolute atomic E-state index is 0. The number of primary amides is 1. The van der Waals surface area contributed by atoms with E-state index in [9.17, 15) is 84.5 Å². The number of aliphatic hydroxyl groups excluding tert-OH is 7. The van der Waals surface area contributed by atoms with Gasteiger partial charge >= 0.3 is 35.7 Å². The fraction of sp³-hybridized carbons (Fsp3) is 0.650. The third kappa shape index (κ3) is 16.2. The number of aliphatic hydroxyl groups is 7. The fourth-order valence-electron chi connectivity index (χ4n) is 7.88. The number of phenolic OH excluding ortho intramolecular Hbond substituents is 1. The van der Waals surface area contributed by atoms with Crippen LogP contribution in [0.3, 0.4) is 0 Å². The molecule has 3 aliphatic heterocycles. The van der Waals surface area contributed by atoms with Crippen LogP contribution in [0.25, 0.3) is 0 Å². The average Bonchev–Trinajstić information content (AvgIpc) is 3.81. The van der Waals surface area contributed by atoms with Crippen molar-refractivity contribution >= 4 is 59.8 Å². The SMILES string of the molecule is CC(O)C1NC(=O)[C@@H](NC(=O)OC(C)(C)C)C[C@H](O)CNC(=O)C2[C@@H](O)C(C)CN2C(=O)[C@H]([C@H](O)CC(N)=O)NC(=O)C([C@H](O)[C@@H](O)c2ccc(O)c(OSOO[O-])c2)NC(=O)C2CC(O)CN2C1=O.[Na+]. The summed E-state index contributed by atoms with van der Waals surface area (Å²) in [4.78, 5) is 112. The molecule has 392 valence electrons. The van der Waals surface area contributed by atoms with Crippen LogP contribution in [0.2, 0.25) is 0 Å². The molecule has 4 rings (SSSR count). The van der Waals surface area contributed by atoms with Gasteiger partial charge in [-0.3, -0.25) is 38.6 Å². The quantitative estimate of drug-likeness (QED) is 0.0304. The van der Waals surface area contributed by atoms with Gasteiger partial charge in [-0.2, -0.15) is 0 Å². The van der Waals surface area contributed by atoms with E-state index in [0.29, 0.717) is 4.90 Å². The van der Waals surface area contributed by atoms with Gasteiger partial charge in [-0.25, -0.2) is 4.79 Å². The van der Waals surface area contributed by atoms with E-state index in [2.05, 4.69) is 36.0 Å². The van der Waals surface area contributed by atoms with Gasteiger partial charge in [0.05, 0.1) is 36.9 Å². The number of nitrogens with one attached hydrogen (secondary N) is 5. The van der Waals surface area contributed by atoms with E-state index in [1.54, 1.807) is 0 Å². The summed E-state index contributed by atoms with van der Waals surface area (Å²) in [6.07, 6.45) is -17.2. The Labute approximate surface area is 431 Å². The van der Waals surface area contributed by atoms with Crippen molar-refractivity contribution in [2.24, 2.45) is 11.7 Å². The molecule has 1 aromatic rings. The first-order chi connectivity index (χ1) is 32.6. The molecule has 29 nitrogen and oxygen atoms in total. The summed E-state index contributed by atoms with van der Waals surface area (Å²) in [5.74, 6) is -11.0. The van der Waals surface area contributed by atoms with Crippen molar-refractivity contribution in [3.63, 3.8) is 0 Å². The monoisotopic (exact) mass is 1040 g/mol. The Hall–Kier alpha value is -4.67. The molecular formula is C40H59N8NaO21S. The van der Waals surface area contributed by atoms with Crippen LogP contribution in [0, 0.1) is 5.92 Å². The van der Waals surface area contributed by atoms with Crippen molar-refractivity contribution in [2.45, 2.75) is 138 Å². The number of β-amino-alcohol motifs (C(OH)–C–C–N with tert-alkyl or cyclic N) is 1. The first-order valence-corrected chi connectivity index (χ1v) is 22.3. The summed E-state index contributed by atoms with van der Waals surface area (Å²) < 4.78 is 14.2. The molecule has 1 aromatic carbocycles. The number of nitrogens with zero attached hydrogens (tertiary/aromatic N) is 2. The van der Waals surface area contributed by atoms with Gasteiger partial charge in [0, 0.05) is 38.4 Å². The number of amides is 8. The number of fused-ring (bicyclic) bond motifs is 2. The van der Waals surface area contributed by atoms with Crippen LogP contribution < -0.4 is 71.3 Å². The molecule has 31 heteroatoms. The van der Waals surface area contributed by atoms with Gasteiger partial charge in [-0.1, -0.05) is 13.0 Å². The van der Waals surface area contributed by atoms with E-state index >= 15 is 0 Å². The molecule has 0 bridgehead atoms. The van der Waals surface area contributed by atoms with Gasteiger partial charge in [-0.05, 0) is 45.4 Å². The molecule has 0 spiro atoms. The number of aromatic hydroxyl groups is 1. The van der Waals surface area contributed by atoms with Gasteiger partial charge in [0.25, 0.3) is 12.3 Å². The average molecular weight is 1040 g/mol. The minimum Gasteiger partial charge on any atom is -0.691 e. The molecule has 8 amide bonds. The summed E-state index contributed by atoms with van der Waals surface area (Å²) in [5.41, 5.74) is 3.85. The van der Waals surface area contributed by atoms with Crippen molar-refractivity contribution in [3.8, 4) is 11.5 Å². The summed E-state index contributed by atoms with van der Waals surface area (Å²) in [5, 5.41) is 113. The standard InChI is InChI=1S/C40H60N8O21S.Na/c1-15-13-48-29(30(15)55)36(61)42-12-18(50)9-20(43-39(64)66-40(3,4)5)33(58)44-26(16(2)49)37(62)47-14-19(51)10-21(47)34(59)46-28(35(60)45-27(38(48)63)23(53)11-25(41)54)32(57)31(56)17-6-7-22(52)24(8-17)67-70-69-68-65;/h6-8,15-16,18-21,23,26-32,49-53,55-57,65H,9-14H2,1-5H3,(H2,41,54)(H,42,61)(H,43,64)(H,44,58)(H,45,60)(H,46,59);/q;+1/p-1/t15?,16?,18-,19?,20-,21?,23+,26?,27-,28?,29?,30-,31-,32-;/m0./s1. The molecule has 3 fully saturated rings. The summed E-state index contributed by atoms with van der Waals surface area (Å²) in [6, 6.07) is -9.30. The van der Waals surface area contributed by atoms with E-state index in [0.717, 1.165) is 30.0 Å². The van der Waals surface area contributed by atoms with E-state index < -0.39 is 188 Å². The Bertz CT molecular complexity index is 2090. The first-order valence-electron chi connectivity index (χ1n) is 21.6. The minimum atomic E-state index is -2.52. The second-order valence-electron chi connectivity index (χ2n) is 18.0. The van der Waals surface area contributed by atoms with Crippen molar-refractivity contribution in [1.29, 1.82) is 0 Å². The number of benzene rings is 1. The van der Waals surface area contributed by atoms with Crippen molar-refractivity contribution < 1.29 is 132 Å². The largest absolute Gasteiger partial charge is 1.00 e. The molecular weight excluding hydrogens is 984 g/mol. The molecule has 0 aliphatic carbocycles. The van der Waals surface area contributed by atoms with Gasteiger partial charge < -0.3 is 97.1 Å². The molecule has 0 saturated carbocycles. The zero-order chi connectivity index (χ0) is 52.5. The van der Waals surface area contributed by atoms with Gasteiger partial charge in [0.1, 0.15) is 54.1 Å². The number of hydrogen-bond acceptors (Lipinski definition) is 22. The van der Waals surface area contributed by atoms with Crippen molar-refractivity contribution in [2.75, 3.05) is 19.6 Å². The number of carbonyl (C=O) groups excluding carboxylic acids is 8. The van der Waals surface area contributed by atoms with Crippen LogP contribution in [0.15, 0.2) is 18.2 Å². The summed E-state index contributed by atoms with van der Waals surface area (Å²) >= 11 is -0.0854. The fourth-order valence-corrected chi connectivity index (χ4v) is 8.14. The van der Waals surface area contributed by atoms with Crippen molar-refractivity contribution in [1.82, 2.24) is 36.4 Å². The van der Waals surface area contributed by atoms with Crippen LogP contribution in [0.4, 0.5) is 4.79 Å². The number of carbonyl (C=O) groups is 8. The van der Waals surface area contributed by atoms with Crippen LogP contribution in [-0.2, 0) is 47.7 Å².